The molecule has 0 spiro atoms. The number of carbonyl (C=O) groups is 3. The molecule has 0 aromatic heterocycles. The molecule has 7 nitrogen and oxygen atoms in total. The van der Waals surface area contributed by atoms with Crippen LogP contribution < -0.4 is 5.32 Å². The third-order valence-corrected chi connectivity index (χ3v) is 2.62. The van der Waals surface area contributed by atoms with E-state index >= 15 is 0 Å². The summed E-state index contributed by atoms with van der Waals surface area (Å²) in [4.78, 5) is 34.3. The van der Waals surface area contributed by atoms with Crippen LogP contribution in [0.2, 0.25) is 0 Å². The van der Waals surface area contributed by atoms with E-state index in [9.17, 15) is 14.4 Å². The summed E-state index contributed by atoms with van der Waals surface area (Å²) in [6.07, 6.45) is 0.590. The lowest BCUT2D eigenvalue weighted by Crippen LogP contribution is -2.47. The summed E-state index contributed by atoms with van der Waals surface area (Å²) in [6.45, 7) is 0.526. The first-order valence-electron chi connectivity index (χ1n) is 5.65. The fourth-order valence-corrected chi connectivity index (χ4v) is 1.63. The maximum Gasteiger partial charge on any atom is 0.328 e. The first-order valence-corrected chi connectivity index (χ1v) is 5.65. The molecule has 1 fully saturated rings. The van der Waals surface area contributed by atoms with Crippen LogP contribution in [0, 0.1) is 0 Å². The van der Waals surface area contributed by atoms with Crippen LogP contribution in [0.3, 0.4) is 0 Å². The second-order valence-corrected chi connectivity index (χ2v) is 3.87. The van der Waals surface area contributed by atoms with Gasteiger partial charge in [-0.25, -0.2) is 4.79 Å². The molecule has 0 aromatic rings. The lowest BCUT2D eigenvalue weighted by Gasteiger charge is -2.17. The summed E-state index contributed by atoms with van der Waals surface area (Å²) < 4.78 is 14.2. The highest BCUT2D eigenvalue weighted by atomic mass is 16.5. The van der Waals surface area contributed by atoms with Crippen molar-refractivity contribution >= 4 is 17.8 Å². The number of carbonyl (C=O) groups excluding carboxylic acids is 3. The first kappa shape index (κ1) is 14.4. The summed E-state index contributed by atoms with van der Waals surface area (Å²) >= 11 is 0. The van der Waals surface area contributed by atoms with Crippen LogP contribution in [0.25, 0.3) is 0 Å². The molecule has 1 amide bonds. The van der Waals surface area contributed by atoms with Gasteiger partial charge in [0.25, 0.3) is 0 Å². The van der Waals surface area contributed by atoms with Gasteiger partial charge < -0.3 is 19.5 Å². The summed E-state index contributed by atoms with van der Waals surface area (Å²) in [5, 5.41) is 2.44. The van der Waals surface area contributed by atoms with Crippen molar-refractivity contribution in [1.29, 1.82) is 0 Å². The van der Waals surface area contributed by atoms with E-state index in [1.54, 1.807) is 0 Å². The standard InChI is InChI=1S/C11H17NO6/c1-16-9(13)6-7(11(15)17-2)12-10(14)8-4-3-5-18-8/h7-8H,3-6H2,1-2H3,(H,12,14)/t7-,8+/m1/s1. The zero-order valence-corrected chi connectivity index (χ0v) is 10.4. The van der Waals surface area contributed by atoms with Crippen LogP contribution in [0.15, 0.2) is 0 Å². The van der Waals surface area contributed by atoms with E-state index in [0.29, 0.717) is 13.0 Å². The molecular weight excluding hydrogens is 242 g/mol. The summed E-state index contributed by atoms with van der Waals surface area (Å²) in [6, 6.07) is -1.04. The first-order chi connectivity index (χ1) is 8.58. The molecule has 2 atom stereocenters. The number of ether oxygens (including phenoxy) is 3. The fourth-order valence-electron chi connectivity index (χ4n) is 1.63. The van der Waals surface area contributed by atoms with Gasteiger partial charge in [0, 0.05) is 6.61 Å². The van der Waals surface area contributed by atoms with Gasteiger partial charge in [0.15, 0.2) is 0 Å². The van der Waals surface area contributed by atoms with Gasteiger partial charge in [-0.3, -0.25) is 9.59 Å². The minimum atomic E-state index is -1.04. The van der Waals surface area contributed by atoms with Gasteiger partial charge in [-0.15, -0.1) is 0 Å². The molecule has 0 saturated carbocycles. The van der Waals surface area contributed by atoms with Crippen molar-refractivity contribution < 1.29 is 28.6 Å². The van der Waals surface area contributed by atoms with Crippen molar-refractivity contribution in [2.24, 2.45) is 0 Å². The second-order valence-electron chi connectivity index (χ2n) is 3.87. The third-order valence-electron chi connectivity index (χ3n) is 2.62. The Labute approximate surface area is 105 Å². The average Bonchev–Trinajstić information content (AvgIpc) is 2.90. The number of hydrogen-bond donors (Lipinski definition) is 1. The quantitative estimate of drug-likeness (QED) is 0.662. The molecule has 1 aliphatic heterocycles. The van der Waals surface area contributed by atoms with E-state index in [-0.39, 0.29) is 6.42 Å². The molecule has 1 rings (SSSR count). The van der Waals surface area contributed by atoms with Crippen LogP contribution in [-0.4, -0.2) is 50.8 Å². The summed E-state index contributed by atoms with van der Waals surface area (Å²) in [5.74, 6) is -1.70. The Morgan fingerprint density at radius 1 is 1.33 bits per heavy atom. The van der Waals surface area contributed by atoms with E-state index in [1.807, 2.05) is 0 Å². The Kier molecular flexibility index (Phi) is 5.57. The van der Waals surface area contributed by atoms with E-state index in [1.165, 1.54) is 14.2 Å². The normalized spacial score (nSPS) is 20.0. The van der Waals surface area contributed by atoms with Gasteiger partial charge in [-0.1, -0.05) is 0 Å². The monoisotopic (exact) mass is 259 g/mol. The number of esters is 2. The van der Waals surface area contributed by atoms with E-state index in [0.717, 1.165) is 6.42 Å². The number of amides is 1. The third kappa shape index (κ3) is 3.99. The lowest BCUT2D eigenvalue weighted by molar-refractivity contribution is -0.151. The molecule has 18 heavy (non-hydrogen) atoms. The predicted octanol–water partition coefficient (Wildman–Crippen LogP) is -0.614. The Hall–Kier alpha value is -1.63. The zero-order valence-electron chi connectivity index (χ0n) is 10.4. The highest BCUT2D eigenvalue weighted by Crippen LogP contribution is 2.12. The van der Waals surface area contributed by atoms with Crippen LogP contribution in [0.1, 0.15) is 19.3 Å². The Balaban J connectivity index is 2.56. The molecule has 0 bridgehead atoms. The van der Waals surface area contributed by atoms with Gasteiger partial charge in [-0.05, 0) is 12.8 Å². The topological polar surface area (TPSA) is 90.9 Å². The number of methoxy groups -OCH3 is 2. The molecule has 7 heteroatoms. The summed E-state index contributed by atoms with van der Waals surface area (Å²) in [5.41, 5.74) is 0. The number of hydrogen-bond acceptors (Lipinski definition) is 6. The van der Waals surface area contributed by atoms with Crippen molar-refractivity contribution in [3.05, 3.63) is 0 Å². The van der Waals surface area contributed by atoms with Crippen molar-refractivity contribution in [2.45, 2.75) is 31.4 Å². The Morgan fingerprint density at radius 2 is 2.06 bits per heavy atom. The molecule has 1 aliphatic rings. The van der Waals surface area contributed by atoms with Crippen LogP contribution in [0.4, 0.5) is 0 Å². The maximum absolute atomic E-state index is 11.7. The highest BCUT2D eigenvalue weighted by molar-refractivity contribution is 5.89. The van der Waals surface area contributed by atoms with Crippen molar-refractivity contribution in [3.63, 3.8) is 0 Å². The molecule has 0 unspecified atom stereocenters. The van der Waals surface area contributed by atoms with Gasteiger partial charge in [0.2, 0.25) is 5.91 Å². The molecule has 0 aliphatic carbocycles. The molecular formula is C11H17NO6. The molecule has 102 valence electrons. The summed E-state index contributed by atoms with van der Waals surface area (Å²) in [7, 11) is 2.39. The van der Waals surface area contributed by atoms with Crippen molar-refractivity contribution in [3.8, 4) is 0 Å². The lowest BCUT2D eigenvalue weighted by atomic mass is 10.1. The largest absolute Gasteiger partial charge is 0.469 e. The molecule has 0 aromatic carbocycles. The highest BCUT2D eigenvalue weighted by Gasteiger charge is 2.30. The van der Waals surface area contributed by atoms with Gasteiger partial charge >= 0.3 is 11.9 Å². The minimum absolute atomic E-state index is 0.262. The SMILES string of the molecule is COC(=O)C[C@@H](NC(=O)[C@@H]1CCCO1)C(=O)OC. The van der Waals surface area contributed by atoms with Crippen molar-refractivity contribution in [2.75, 3.05) is 20.8 Å². The Morgan fingerprint density at radius 3 is 2.56 bits per heavy atom. The number of rotatable bonds is 5. The van der Waals surface area contributed by atoms with Gasteiger partial charge in [0.1, 0.15) is 12.1 Å². The van der Waals surface area contributed by atoms with Crippen molar-refractivity contribution in [1.82, 2.24) is 5.32 Å². The molecule has 1 N–H and O–H groups in total. The van der Waals surface area contributed by atoms with Crippen LogP contribution >= 0.6 is 0 Å². The average molecular weight is 259 g/mol. The van der Waals surface area contributed by atoms with E-state index < -0.39 is 30.0 Å². The van der Waals surface area contributed by atoms with Crippen LogP contribution in [-0.2, 0) is 28.6 Å². The molecule has 1 saturated heterocycles. The smallest absolute Gasteiger partial charge is 0.328 e. The molecule has 0 radical (unpaired) electrons. The minimum Gasteiger partial charge on any atom is -0.469 e. The fraction of sp³-hybridized carbons (Fsp3) is 0.727. The van der Waals surface area contributed by atoms with Gasteiger partial charge in [0.05, 0.1) is 20.6 Å². The maximum atomic E-state index is 11.7. The van der Waals surface area contributed by atoms with Crippen LogP contribution in [0.5, 0.6) is 0 Å². The predicted molar refractivity (Wildman–Crippen MR) is 59.6 cm³/mol. The van der Waals surface area contributed by atoms with Gasteiger partial charge in [-0.2, -0.15) is 0 Å². The second kappa shape index (κ2) is 6.95. The zero-order chi connectivity index (χ0) is 13.5. The number of nitrogens with one attached hydrogen (secondary N) is 1. The molecule has 1 heterocycles. The Bertz CT molecular complexity index is 323. The van der Waals surface area contributed by atoms with E-state index in [2.05, 4.69) is 14.8 Å². The van der Waals surface area contributed by atoms with E-state index in [4.69, 9.17) is 4.74 Å².